The van der Waals surface area contributed by atoms with Crippen LogP contribution in [-0.4, -0.2) is 87.4 Å². The normalized spacial score (nSPS) is 18.8. The zero-order valence-corrected chi connectivity index (χ0v) is 91.8. The molecule has 0 radical (unpaired) electrons. The van der Waals surface area contributed by atoms with Crippen molar-refractivity contribution in [1.82, 2.24) is 0 Å². The number of fused-ring (bicyclic) bond motifs is 18. The van der Waals surface area contributed by atoms with E-state index in [0.717, 1.165) is 101 Å². The van der Waals surface area contributed by atoms with Gasteiger partial charge in [-0.2, -0.15) is 30.3 Å². The molecule has 738 valence electrons. The Labute approximate surface area is 857 Å². The third kappa shape index (κ3) is 19.3. The maximum absolute atomic E-state index is 5.85. The fraction of sp³-hybridized carbons (Fsp3) is 0.405. The van der Waals surface area contributed by atoms with E-state index in [1.54, 1.807) is 0 Å². The van der Waals surface area contributed by atoms with E-state index in [-0.39, 0.29) is 65.0 Å². The molecule has 7 aliphatic heterocycles. The van der Waals surface area contributed by atoms with E-state index < -0.39 is 18.1 Å². The highest BCUT2D eigenvalue weighted by Crippen LogP contribution is 2.48. The number of hydrogen-bond acceptors (Lipinski definition) is 18. The van der Waals surface area contributed by atoms with Gasteiger partial charge in [0, 0.05) is 68.7 Å². The van der Waals surface area contributed by atoms with Gasteiger partial charge in [0.2, 0.25) is 0 Å². The molecular formula is C126H144N18. The lowest BCUT2D eigenvalue weighted by Crippen LogP contribution is -2.48. The summed E-state index contributed by atoms with van der Waals surface area (Å²) in [7, 11) is 0. The molecule has 18 heteroatoms. The Kier molecular flexibility index (Phi) is 23.4. The first kappa shape index (κ1) is 99.1. The highest BCUT2D eigenvalue weighted by Gasteiger charge is 2.47. The molecule has 18 nitrogen and oxygen atoms in total. The first-order chi connectivity index (χ1) is 66.8. The van der Waals surface area contributed by atoms with Gasteiger partial charge in [0.05, 0.1) is 51.3 Å². The van der Waals surface area contributed by atoms with Crippen molar-refractivity contribution in [3.63, 3.8) is 0 Å². The summed E-state index contributed by atoms with van der Waals surface area (Å²) in [6.07, 6.45) is 18.8. The van der Waals surface area contributed by atoms with E-state index in [1.165, 1.54) is 33.4 Å². The van der Waals surface area contributed by atoms with Crippen LogP contribution in [0.15, 0.2) is 260 Å². The van der Waals surface area contributed by atoms with E-state index >= 15 is 0 Å². The number of amidine groups is 6. The van der Waals surface area contributed by atoms with Crippen LogP contribution in [0, 0.1) is 37.5 Å². The highest BCUT2D eigenvalue weighted by atomic mass is 15.5. The number of hydrogen-bond donors (Lipinski definition) is 0. The zero-order valence-electron chi connectivity index (χ0n) is 91.8. The number of allylic oxidation sites excluding steroid dienone is 3. The smallest absolute Gasteiger partial charge is 0.199 e. The molecule has 0 amide bonds. The third-order valence-electron chi connectivity index (χ3n) is 28.8. The van der Waals surface area contributed by atoms with E-state index in [9.17, 15) is 0 Å². The molecule has 9 aromatic rings. The lowest BCUT2D eigenvalue weighted by Gasteiger charge is -2.38. The Hall–Kier alpha value is -13.6. The predicted molar refractivity (Wildman–Crippen MR) is 606 cm³/mol. The summed E-state index contributed by atoms with van der Waals surface area (Å²) in [6, 6.07) is 64.8. The first-order valence-corrected chi connectivity index (χ1v) is 51.3. The van der Waals surface area contributed by atoms with Gasteiger partial charge in [-0.1, -0.05) is 360 Å². The number of benzene rings is 9. The first-order valence-electron chi connectivity index (χ1n) is 51.3. The topological polar surface area (TPSA) is 168 Å². The second-order valence-electron chi connectivity index (χ2n) is 53.1. The maximum atomic E-state index is 5.85. The van der Waals surface area contributed by atoms with Gasteiger partial charge < -0.3 is 0 Å². The second kappa shape index (κ2) is 34.0. The van der Waals surface area contributed by atoms with Crippen LogP contribution in [0.2, 0.25) is 0 Å². The molecule has 0 spiro atoms. The minimum Gasteiger partial charge on any atom is -0.263 e. The largest absolute Gasteiger partial charge is 0.263 e. The SMILES string of the molecule is CC(C)(C)c1cc(N2N=C3N=C4[CH-]C5=NC(=NN(c6cc(C(C)(C)C)cc(C(C)(C)C)c6)C5[C+]=C42)c2cccc(c2)C2=NN(c4cc(C(C)(C)C)cc(C(C)(C)C)c4)C4=[C+]C5C(=NC(=NN5c5cc(C(C)(C)C)cc(C(C)(C)C)c5)c5cccc(c5)C5=NN(c6cc(C(C)(C)C)cc(C(C)(C)C)c6)C6[C+]=C7C(=NC(=NN7c7cc(C(C)(C)C)cc(C(C)(C)C)c7)c7cccc3c7)[CH-]C6=N5)[CH-]C4=N2)cc(C(C)(C)C)c1. The summed E-state index contributed by atoms with van der Waals surface area (Å²) in [5.74, 6) is 2.82. The molecule has 10 aliphatic rings. The Morgan fingerprint density at radius 1 is 0.194 bits per heavy atom. The Balaban J connectivity index is 0.901. The molecule has 0 fully saturated rings. The number of aliphatic imine (C=N–C) groups is 6. The molecule has 0 saturated heterocycles. The summed E-state index contributed by atoms with van der Waals surface area (Å²) < 4.78 is 0. The number of anilines is 6. The average Bonchev–Trinajstić information content (AvgIpc) is 0.736. The number of rotatable bonds is 6. The van der Waals surface area contributed by atoms with Crippen molar-refractivity contribution in [2.75, 3.05) is 30.1 Å². The standard InChI is InChI=1S/C126H144N18/c1-115(2,3)79-49-80(116(4,5)6)56-91(55-79)139-103-70-104-98-67-97(103)127-109(133-139)73-40-37-41-74(46-73)110-129-99-68-100-106(71-105(99)141(135-110)93-59-83(119(13,14)15)51-84(60-93)120(16,17)18)142(94-61-85(121(19,20)21)52-86(62-94)122(22,23)24)137-113(130-100)77-44-39-45-78(48-77)114-132-102-69-101-107(72-108(102)144(138-114)96-65-89(125(31,32)33)54-90(66-96)126(34,35)36)143(95-63-87(123(25,26)27)53-88(64-95)124(28,29)30)136-112(131-101)76-43-38-42-75(47-76)111(128-98)134-140(104)92-57-81(117(7,8)9)50-82(58-92)118(10,11)12/h37-69,103,105,107H,1-36H3. The van der Waals surface area contributed by atoms with Crippen molar-refractivity contribution in [2.24, 2.45) is 60.6 Å². The monoisotopic (exact) mass is 1910 g/mol. The van der Waals surface area contributed by atoms with Crippen LogP contribution in [0.25, 0.3) is 0 Å². The van der Waals surface area contributed by atoms with Crippen LogP contribution in [0.3, 0.4) is 0 Å². The van der Waals surface area contributed by atoms with Crippen LogP contribution in [0.1, 0.15) is 349 Å². The van der Waals surface area contributed by atoms with Gasteiger partial charge in [-0.25, -0.2) is 30.0 Å². The molecule has 7 heterocycles. The van der Waals surface area contributed by atoms with Crippen molar-refractivity contribution in [3.8, 4) is 0 Å². The van der Waals surface area contributed by atoms with Gasteiger partial charge in [-0.15, -0.1) is 15.3 Å². The molecule has 3 unspecified atom stereocenters. The van der Waals surface area contributed by atoms with Crippen LogP contribution < -0.4 is 30.1 Å². The molecule has 0 aromatic heterocycles. The van der Waals surface area contributed by atoms with Gasteiger partial charge >= 0.3 is 0 Å². The van der Waals surface area contributed by atoms with Gasteiger partial charge in [-0.3, -0.25) is 15.0 Å². The van der Waals surface area contributed by atoms with Crippen LogP contribution in [-0.2, 0) is 65.0 Å². The Morgan fingerprint density at radius 3 is 0.521 bits per heavy atom. The van der Waals surface area contributed by atoms with E-state index in [4.69, 9.17) is 60.6 Å². The van der Waals surface area contributed by atoms with Gasteiger partial charge in [0.15, 0.2) is 70.2 Å². The highest BCUT2D eigenvalue weighted by molar-refractivity contribution is 6.36. The van der Waals surface area contributed by atoms with Crippen molar-refractivity contribution in [2.45, 2.75) is 332 Å². The Bertz CT molecular complexity index is 7120. The summed E-state index contributed by atoms with van der Waals surface area (Å²) in [4.78, 5) is 34.7. The fourth-order valence-corrected chi connectivity index (χ4v) is 19.0. The van der Waals surface area contributed by atoms with E-state index in [0.29, 0.717) is 86.4 Å². The summed E-state index contributed by atoms with van der Waals surface area (Å²) in [6.45, 7) is 82.1. The molecule has 144 heavy (non-hydrogen) atoms. The van der Waals surface area contributed by atoms with Crippen molar-refractivity contribution in [3.05, 3.63) is 337 Å². The maximum Gasteiger partial charge on any atom is 0.199 e. The molecule has 3 atom stereocenters. The van der Waals surface area contributed by atoms with Gasteiger partial charge in [-0.05, 0) is 223 Å². The average molecular weight is 1910 g/mol. The minimum absolute atomic E-state index is 0.255. The summed E-state index contributed by atoms with van der Waals surface area (Å²) >= 11 is 0. The Morgan fingerprint density at radius 2 is 0.354 bits per heavy atom. The van der Waals surface area contributed by atoms with Gasteiger partial charge in [0.1, 0.15) is 0 Å². The van der Waals surface area contributed by atoms with Crippen LogP contribution in [0.4, 0.5) is 34.1 Å². The summed E-state index contributed by atoms with van der Waals surface area (Å²) in [5.41, 5.74) is 26.5. The molecule has 0 saturated carbocycles. The van der Waals surface area contributed by atoms with Gasteiger partial charge in [0.25, 0.3) is 0 Å². The van der Waals surface area contributed by atoms with Crippen molar-refractivity contribution in [1.29, 1.82) is 0 Å². The minimum atomic E-state index is -0.688. The van der Waals surface area contributed by atoms with Crippen LogP contribution >= 0.6 is 0 Å². The van der Waals surface area contributed by atoms with E-state index in [2.05, 4.69) is 499 Å². The van der Waals surface area contributed by atoms with E-state index in [1.807, 2.05) is 0 Å². The molecular weight excluding hydrogens is 1770 g/mol. The van der Waals surface area contributed by atoms with Crippen LogP contribution in [0.5, 0.6) is 0 Å². The number of hydrazone groups is 6. The van der Waals surface area contributed by atoms with Crippen molar-refractivity contribution < 1.29 is 0 Å². The molecule has 19 rings (SSSR count). The second-order valence-corrected chi connectivity index (χ2v) is 53.1. The summed E-state index contributed by atoms with van der Waals surface area (Å²) in [5, 5.41) is 47.6. The number of nitrogens with zero attached hydrogens (tertiary/aromatic N) is 18. The zero-order chi connectivity index (χ0) is 104. The molecule has 9 aromatic carbocycles. The third-order valence-corrected chi connectivity index (χ3v) is 28.8. The molecule has 3 aliphatic carbocycles. The quantitative estimate of drug-likeness (QED) is 0.150. The lowest BCUT2D eigenvalue weighted by molar-refractivity contribution is 0.567. The van der Waals surface area contributed by atoms with Crippen molar-refractivity contribution >= 4 is 103 Å². The lowest BCUT2D eigenvalue weighted by atomic mass is 9.80. The molecule has 18 bridgehead atoms. The molecule has 0 N–H and O–H groups in total. The predicted octanol–water partition coefficient (Wildman–Crippen LogP) is 28.2. The fourth-order valence-electron chi connectivity index (χ4n) is 19.0.